The Hall–Kier alpha value is -1.22. The van der Waals surface area contributed by atoms with Crippen LogP contribution >= 0.6 is 11.6 Å². The highest BCUT2D eigenvalue weighted by Crippen LogP contribution is 2.41. The maximum absolute atomic E-state index is 11.6. The molecule has 1 aromatic rings. The summed E-state index contributed by atoms with van der Waals surface area (Å²) in [4.78, 5) is 11.6. The number of rotatable bonds is 6. The van der Waals surface area contributed by atoms with E-state index < -0.39 is 0 Å². The van der Waals surface area contributed by atoms with Crippen LogP contribution < -0.4 is 9.47 Å². The summed E-state index contributed by atoms with van der Waals surface area (Å²) in [6.45, 7) is 2.35. The molecule has 0 aliphatic carbocycles. The summed E-state index contributed by atoms with van der Waals surface area (Å²) in [5.74, 6) is 1.08. The van der Waals surface area contributed by atoms with Gasteiger partial charge in [-0.1, -0.05) is 38.3 Å². The molecule has 0 aromatic heterocycles. The van der Waals surface area contributed by atoms with Crippen molar-refractivity contribution in [3.05, 3.63) is 23.8 Å². The van der Waals surface area contributed by atoms with E-state index in [1.165, 1.54) is 0 Å². The Labute approximate surface area is 112 Å². The number of benzene rings is 1. The smallest absolute Gasteiger partial charge is 0.231 e. The van der Waals surface area contributed by atoms with E-state index in [0.717, 1.165) is 31.2 Å². The van der Waals surface area contributed by atoms with Crippen molar-refractivity contribution < 1.29 is 14.3 Å². The molecule has 3 nitrogen and oxygen atoms in total. The average Bonchev–Trinajstić information content (AvgIpc) is 2.82. The normalized spacial score (nSPS) is 14.6. The third-order valence-corrected chi connectivity index (χ3v) is 3.44. The molecule has 0 amide bonds. The molecule has 1 aliphatic rings. The second-order valence-corrected chi connectivity index (χ2v) is 4.81. The third kappa shape index (κ3) is 2.78. The topological polar surface area (TPSA) is 35.5 Å². The highest BCUT2D eigenvalue weighted by atomic mass is 35.5. The van der Waals surface area contributed by atoms with E-state index in [2.05, 4.69) is 6.92 Å². The Morgan fingerprint density at radius 2 is 2.22 bits per heavy atom. The van der Waals surface area contributed by atoms with Gasteiger partial charge in [-0.3, -0.25) is 4.79 Å². The van der Waals surface area contributed by atoms with Gasteiger partial charge in [0.2, 0.25) is 12.0 Å². The fraction of sp³-hybridized carbons (Fsp3) is 0.500. The predicted molar refractivity (Wildman–Crippen MR) is 70.3 cm³/mol. The maximum Gasteiger partial charge on any atom is 0.231 e. The highest BCUT2D eigenvalue weighted by Gasteiger charge is 2.26. The third-order valence-electron chi connectivity index (χ3n) is 3.17. The van der Waals surface area contributed by atoms with Gasteiger partial charge in [0.05, 0.1) is 5.92 Å². The van der Waals surface area contributed by atoms with E-state index in [-0.39, 0.29) is 18.0 Å². The van der Waals surface area contributed by atoms with E-state index in [0.29, 0.717) is 11.5 Å². The molecule has 0 bridgehead atoms. The summed E-state index contributed by atoms with van der Waals surface area (Å²) >= 11 is 5.72. The van der Waals surface area contributed by atoms with Gasteiger partial charge < -0.3 is 9.47 Å². The lowest BCUT2D eigenvalue weighted by atomic mass is 9.93. The zero-order valence-electron chi connectivity index (χ0n) is 10.4. The van der Waals surface area contributed by atoms with Gasteiger partial charge in [0.15, 0.2) is 11.5 Å². The molecule has 0 saturated heterocycles. The van der Waals surface area contributed by atoms with Crippen molar-refractivity contribution in [2.24, 2.45) is 0 Å². The SMILES string of the molecule is CCCCC[C@@H](C(=O)Cl)c1cccc2c1OCO2. The van der Waals surface area contributed by atoms with Crippen molar-refractivity contribution in [3.8, 4) is 11.5 Å². The minimum Gasteiger partial charge on any atom is -0.454 e. The molecule has 98 valence electrons. The number of carbonyl (C=O) groups excluding carboxylic acids is 1. The van der Waals surface area contributed by atoms with Crippen molar-refractivity contribution in [2.45, 2.75) is 38.5 Å². The minimum atomic E-state index is -0.324. The van der Waals surface area contributed by atoms with Gasteiger partial charge in [-0.05, 0) is 24.1 Å². The number of fused-ring (bicyclic) bond motifs is 1. The van der Waals surface area contributed by atoms with Crippen LogP contribution in [0.2, 0.25) is 0 Å². The van der Waals surface area contributed by atoms with Crippen molar-refractivity contribution in [1.82, 2.24) is 0 Å². The summed E-state index contributed by atoms with van der Waals surface area (Å²) in [6.07, 6.45) is 3.98. The first kappa shape index (κ1) is 13.2. The Morgan fingerprint density at radius 3 is 2.94 bits per heavy atom. The molecule has 0 radical (unpaired) electrons. The van der Waals surface area contributed by atoms with Crippen LogP contribution in [0.4, 0.5) is 0 Å². The molecule has 0 saturated carbocycles. The molecule has 0 N–H and O–H groups in total. The van der Waals surface area contributed by atoms with E-state index in [1.54, 1.807) is 0 Å². The summed E-state index contributed by atoms with van der Waals surface area (Å²) in [6, 6.07) is 5.60. The van der Waals surface area contributed by atoms with Gasteiger partial charge in [0.1, 0.15) is 0 Å². The number of ether oxygens (including phenoxy) is 2. The molecule has 0 spiro atoms. The molecule has 0 unspecified atom stereocenters. The van der Waals surface area contributed by atoms with Crippen LogP contribution in [0.3, 0.4) is 0 Å². The molecule has 2 rings (SSSR count). The second kappa shape index (κ2) is 6.10. The summed E-state index contributed by atoms with van der Waals surface area (Å²) in [7, 11) is 0. The van der Waals surface area contributed by atoms with Crippen LogP contribution in [-0.4, -0.2) is 12.0 Å². The van der Waals surface area contributed by atoms with Gasteiger partial charge in [0.25, 0.3) is 0 Å². The van der Waals surface area contributed by atoms with Gasteiger partial charge in [-0.15, -0.1) is 0 Å². The molecule has 0 fully saturated rings. The molecular formula is C14H17ClO3. The highest BCUT2D eigenvalue weighted by molar-refractivity contribution is 6.64. The zero-order chi connectivity index (χ0) is 13.0. The lowest BCUT2D eigenvalue weighted by Gasteiger charge is -2.14. The fourth-order valence-corrected chi connectivity index (χ4v) is 2.44. The van der Waals surface area contributed by atoms with Crippen molar-refractivity contribution in [2.75, 3.05) is 6.79 Å². The average molecular weight is 269 g/mol. The fourth-order valence-electron chi connectivity index (χ4n) is 2.22. The van der Waals surface area contributed by atoms with E-state index >= 15 is 0 Å². The number of hydrogen-bond donors (Lipinski definition) is 0. The quantitative estimate of drug-likeness (QED) is 0.581. The maximum atomic E-state index is 11.6. The Morgan fingerprint density at radius 1 is 1.39 bits per heavy atom. The van der Waals surface area contributed by atoms with Gasteiger partial charge in [0, 0.05) is 5.56 Å². The van der Waals surface area contributed by atoms with Crippen LogP contribution in [0.15, 0.2) is 18.2 Å². The minimum absolute atomic E-state index is 0.213. The predicted octanol–water partition coefficient (Wildman–Crippen LogP) is 3.84. The number of hydrogen-bond acceptors (Lipinski definition) is 3. The first-order valence-corrected chi connectivity index (χ1v) is 6.69. The second-order valence-electron chi connectivity index (χ2n) is 4.43. The first-order valence-electron chi connectivity index (χ1n) is 6.32. The Balaban J connectivity index is 2.20. The molecule has 1 aromatic carbocycles. The van der Waals surface area contributed by atoms with Crippen LogP contribution in [0, 0.1) is 0 Å². The van der Waals surface area contributed by atoms with Crippen LogP contribution in [0.25, 0.3) is 0 Å². The number of para-hydroxylation sites is 1. The van der Waals surface area contributed by atoms with Crippen molar-refractivity contribution >= 4 is 16.8 Å². The molecule has 18 heavy (non-hydrogen) atoms. The molecule has 1 atom stereocenters. The standard InChI is InChI=1S/C14H17ClO3/c1-2-3-4-6-11(14(15)16)10-7-5-8-12-13(10)18-9-17-12/h5,7-8,11H,2-4,6,9H2,1H3/t11-/m1/s1. The van der Waals surface area contributed by atoms with Crippen LogP contribution in [0.1, 0.15) is 44.1 Å². The van der Waals surface area contributed by atoms with Gasteiger partial charge in [-0.25, -0.2) is 0 Å². The zero-order valence-corrected chi connectivity index (χ0v) is 11.2. The van der Waals surface area contributed by atoms with Gasteiger partial charge >= 0.3 is 0 Å². The summed E-state index contributed by atoms with van der Waals surface area (Å²) in [5, 5.41) is -0.324. The van der Waals surface area contributed by atoms with Crippen molar-refractivity contribution in [1.29, 1.82) is 0 Å². The monoisotopic (exact) mass is 268 g/mol. The largest absolute Gasteiger partial charge is 0.454 e. The molecule has 1 aliphatic heterocycles. The Kier molecular flexibility index (Phi) is 4.48. The van der Waals surface area contributed by atoms with Crippen molar-refractivity contribution in [3.63, 3.8) is 0 Å². The molecular weight excluding hydrogens is 252 g/mol. The lowest BCUT2D eigenvalue weighted by Crippen LogP contribution is -2.08. The molecule has 1 heterocycles. The van der Waals surface area contributed by atoms with Crippen LogP contribution in [-0.2, 0) is 4.79 Å². The molecule has 4 heteroatoms. The van der Waals surface area contributed by atoms with Crippen LogP contribution in [0.5, 0.6) is 11.5 Å². The number of halogens is 1. The first-order chi connectivity index (χ1) is 8.74. The summed E-state index contributed by atoms with van der Waals surface area (Å²) in [5.41, 5.74) is 0.848. The van der Waals surface area contributed by atoms with E-state index in [1.807, 2.05) is 18.2 Å². The lowest BCUT2D eigenvalue weighted by molar-refractivity contribution is -0.113. The summed E-state index contributed by atoms with van der Waals surface area (Å²) < 4.78 is 10.8. The Bertz CT molecular complexity index is 431. The van der Waals surface area contributed by atoms with E-state index in [4.69, 9.17) is 21.1 Å². The number of unbranched alkanes of at least 4 members (excludes halogenated alkanes) is 2. The van der Waals surface area contributed by atoms with Gasteiger partial charge in [-0.2, -0.15) is 0 Å². The number of carbonyl (C=O) groups is 1. The van der Waals surface area contributed by atoms with E-state index in [9.17, 15) is 4.79 Å².